The largest absolute Gasteiger partial charge is 0.490 e. The first-order valence-electron chi connectivity index (χ1n) is 8.80. The number of allylic oxidation sites excluding steroid dienone is 1. The number of carbonyl (C=O) groups is 2. The minimum atomic E-state index is -0.534. The van der Waals surface area contributed by atoms with Gasteiger partial charge in [0.05, 0.1) is 24.3 Å². The molecule has 2 aliphatic rings. The number of amides is 2. The molecule has 6 nitrogen and oxygen atoms in total. The summed E-state index contributed by atoms with van der Waals surface area (Å²) in [7, 11) is 0. The van der Waals surface area contributed by atoms with Gasteiger partial charge >= 0.3 is 12.0 Å². The van der Waals surface area contributed by atoms with Crippen molar-refractivity contribution >= 4 is 12.0 Å². The van der Waals surface area contributed by atoms with Crippen molar-refractivity contribution in [3.63, 3.8) is 0 Å². The highest BCUT2D eigenvalue weighted by atomic mass is 16.5. The summed E-state index contributed by atoms with van der Waals surface area (Å²) in [6.45, 7) is 3.74. The van der Waals surface area contributed by atoms with Crippen molar-refractivity contribution in [3.8, 4) is 5.75 Å². The Labute approximate surface area is 147 Å². The van der Waals surface area contributed by atoms with Crippen molar-refractivity contribution in [1.29, 1.82) is 0 Å². The Hall–Kier alpha value is -2.50. The lowest BCUT2D eigenvalue weighted by molar-refractivity contribution is -0.139. The Morgan fingerprint density at radius 3 is 2.52 bits per heavy atom. The van der Waals surface area contributed by atoms with Crippen LogP contribution in [-0.4, -0.2) is 24.7 Å². The Balaban J connectivity index is 1.81. The highest BCUT2D eigenvalue weighted by Gasteiger charge is 2.32. The van der Waals surface area contributed by atoms with E-state index in [1.54, 1.807) is 13.8 Å². The fourth-order valence-electron chi connectivity index (χ4n) is 3.36. The summed E-state index contributed by atoms with van der Waals surface area (Å²) in [5, 5.41) is 5.43. The third-order valence-electron chi connectivity index (χ3n) is 4.58. The average Bonchev–Trinajstić information content (AvgIpc) is 3.08. The SMILES string of the molecule is CCOC(=O)C1=C(C)NC(=O)N[C@@H]1c1ccc(OC2CCCC2)cc1. The fourth-order valence-corrected chi connectivity index (χ4v) is 3.36. The number of rotatable bonds is 5. The first-order valence-corrected chi connectivity index (χ1v) is 8.80. The van der Waals surface area contributed by atoms with Crippen LogP contribution in [0.25, 0.3) is 0 Å². The van der Waals surface area contributed by atoms with Gasteiger partial charge in [-0.2, -0.15) is 0 Å². The summed E-state index contributed by atoms with van der Waals surface area (Å²) in [5.74, 6) is 0.387. The van der Waals surface area contributed by atoms with Gasteiger partial charge in [0.25, 0.3) is 0 Å². The number of hydrogen-bond donors (Lipinski definition) is 2. The molecule has 0 aromatic heterocycles. The van der Waals surface area contributed by atoms with Crippen molar-refractivity contribution in [2.24, 2.45) is 0 Å². The van der Waals surface area contributed by atoms with Crippen LogP contribution in [0.4, 0.5) is 4.79 Å². The molecule has 6 heteroatoms. The minimum absolute atomic E-state index is 0.282. The van der Waals surface area contributed by atoms with Crippen LogP contribution in [0.15, 0.2) is 35.5 Å². The number of ether oxygens (including phenoxy) is 2. The lowest BCUT2D eigenvalue weighted by Crippen LogP contribution is -2.45. The van der Waals surface area contributed by atoms with Gasteiger partial charge in [-0.1, -0.05) is 12.1 Å². The van der Waals surface area contributed by atoms with E-state index in [4.69, 9.17) is 9.47 Å². The van der Waals surface area contributed by atoms with E-state index in [1.165, 1.54) is 12.8 Å². The molecule has 0 radical (unpaired) electrons. The first-order chi connectivity index (χ1) is 12.1. The van der Waals surface area contributed by atoms with Gasteiger partial charge < -0.3 is 20.1 Å². The van der Waals surface area contributed by atoms with E-state index in [0.29, 0.717) is 17.4 Å². The zero-order valence-corrected chi connectivity index (χ0v) is 14.6. The van der Waals surface area contributed by atoms with Crippen molar-refractivity contribution in [2.45, 2.75) is 51.7 Å². The number of benzene rings is 1. The maximum atomic E-state index is 12.3. The quantitative estimate of drug-likeness (QED) is 0.804. The normalized spacial score (nSPS) is 20.9. The smallest absolute Gasteiger partial charge is 0.338 e. The average molecular weight is 344 g/mol. The maximum absolute atomic E-state index is 12.3. The van der Waals surface area contributed by atoms with Crippen molar-refractivity contribution in [2.75, 3.05) is 6.61 Å². The summed E-state index contributed by atoms with van der Waals surface area (Å²) in [6, 6.07) is 6.68. The molecule has 0 unspecified atom stereocenters. The van der Waals surface area contributed by atoms with Crippen LogP contribution in [-0.2, 0) is 9.53 Å². The number of urea groups is 1. The van der Waals surface area contributed by atoms with E-state index in [9.17, 15) is 9.59 Å². The van der Waals surface area contributed by atoms with E-state index in [1.807, 2.05) is 24.3 Å². The van der Waals surface area contributed by atoms with Crippen LogP contribution in [0.1, 0.15) is 51.1 Å². The second kappa shape index (κ2) is 7.59. The Bertz CT molecular complexity index is 675. The summed E-state index contributed by atoms with van der Waals surface area (Å²) in [4.78, 5) is 24.1. The van der Waals surface area contributed by atoms with Gasteiger partial charge in [0.1, 0.15) is 5.75 Å². The lowest BCUT2D eigenvalue weighted by Gasteiger charge is -2.28. The summed E-state index contributed by atoms with van der Waals surface area (Å²) >= 11 is 0. The molecule has 1 aliphatic carbocycles. The molecule has 1 atom stereocenters. The number of esters is 1. The van der Waals surface area contributed by atoms with Gasteiger partial charge in [-0.15, -0.1) is 0 Å². The van der Waals surface area contributed by atoms with E-state index in [-0.39, 0.29) is 12.6 Å². The third-order valence-corrected chi connectivity index (χ3v) is 4.58. The molecule has 1 saturated carbocycles. The van der Waals surface area contributed by atoms with Crippen molar-refractivity contribution in [1.82, 2.24) is 10.6 Å². The predicted molar refractivity (Wildman–Crippen MR) is 93.1 cm³/mol. The summed E-state index contributed by atoms with van der Waals surface area (Å²) in [5.41, 5.74) is 1.75. The summed E-state index contributed by atoms with van der Waals surface area (Å²) in [6.07, 6.45) is 4.93. The van der Waals surface area contributed by atoms with Gasteiger partial charge in [-0.05, 0) is 57.2 Å². The molecular weight excluding hydrogens is 320 g/mol. The van der Waals surface area contributed by atoms with E-state index in [0.717, 1.165) is 24.2 Å². The Morgan fingerprint density at radius 1 is 1.20 bits per heavy atom. The molecule has 3 rings (SSSR count). The molecular formula is C19H24N2O4. The van der Waals surface area contributed by atoms with Crippen LogP contribution in [0.3, 0.4) is 0 Å². The van der Waals surface area contributed by atoms with Gasteiger partial charge in [-0.25, -0.2) is 9.59 Å². The Morgan fingerprint density at radius 2 is 1.88 bits per heavy atom. The van der Waals surface area contributed by atoms with Crippen LogP contribution in [0.2, 0.25) is 0 Å². The molecule has 1 aliphatic heterocycles. The lowest BCUT2D eigenvalue weighted by atomic mass is 9.95. The molecule has 25 heavy (non-hydrogen) atoms. The van der Waals surface area contributed by atoms with E-state index >= 15 is 0 Å². The fraction of sp³-hybridized carbons (Fsp3) is 0.474. The topological polar surface area (TPSA) is 76.7 Å². The predicted octanol–water partition coefficient (Wildman–Crippen LogP) is 3.20. The van der Waals surface area contributed by atoms with Gasteiger partial charge in [0.15, 0.2) is 0 Å². The number of nitrogens with one attached hydrogen (secondary N) is 2. The second-order valence-electron chi connectivity index (χ2n) is 6.38. The zero-order valence-electron chi connectivity index (χ0n) is 14.6. The van der Waals surface area contributed by atoms with Crippen LogP contribution in [0.5, 0.6) is 5.75 Å². The molecule has 0 bridgehead atoms. The van der Waals surface area contributed by atoms with Crippen LogP contribution >= 0.6 is 0 Å². The molecule has 1 heterocycles. The highest BCUT2D eigenvalue weighted by Crippen LogP contribution is 2.30. The molecule has 134 valence electrons. The van der Waals surface area contributed by atoms with Crippen molar-refractivity contribution in [3.05, 3.63) is 41.1 Å². The molecule has 2 N–H and O–H groups in total. The van der Waals surface area contributed by atoms with Gasteiger partial charge in [0, 0.05) is 5.70 Å². The number of hydrogen-bond acceptors (Lipinski definition) is 4. The van der Waals surface area contributed by atoms with E-state index < -0.39 is 12.0 Å². The molecule has 0 spiro atoms. The van der Waals surface area contributed by atoms with E-state index in [2.05, 4.69) is 10.6 Å². The first kappa shape index (κ1) is 17.3. The standard InChI is InChI=1S/C19H24N2O4/c1-3-24-18(22)16-12(2)20-19(23)21-17(16)13-8-10-15(11-9-13)25-14-6-4-5-7-14/h8-11,14,17H,3-7H2,1-2H3,(H2,20,21,23)/t17-/m1/s1. The Kier molecular flexibility index (Phi) is 5.26. The van der Waals surface area contributed by atoms with Crippen molar-refractivity contribution < 1.29 is 19.1 Å². The van der Waals surface area contributed by atoms with Crippen LogP contribution in [0, 0.1) is 0 Å². The molecule has 2 amide bonds. The highest BCUT2D eigenvalue weighted by molar-refractivity contribution is 5.95. The molecule has 1 aromatic rings. The monoisotopic (exact) mass is 344 g/mol. The maximum Gasteiger partial charge on any atom is 0.338 e. The minimum Gasteiger partial charge on any atom is -0.490 e. The zero-order chi connectivity index (χ0) is 17.8. The third kappa shape index (κ3) is 3.95. The summed E-state index contributed by atoms with van der Waals surface area (Å²) < 4.78 is 11.1. The molecule has 1 aromatic carbocycles. The van der Waals surface area contributed by atoms with Gasteiger partial charge in [-0.3, -0.25) is 0 Å². The van der Waals surface area contributed by atoms with Gasteiger partial charge in [0.2, 0.25) is 0 Å². The van der Waals surface area contributed by atoms with Crippen LogP contribution < -0.4 is 15.4 Å². The second-order valence-corrected chi connectivity index (χ2v) is 6.38. The molecule has 1 fully saturated rings. The molecule has 0 saturated heterocycles. The number of carbonyl (C=O) groups excluding carboxylic acids is 2.